The standard InChI is InChI=1S/C6H9F2N.CH5OP/c1-9-3-2-5(4-9)6(7)8;1-2-3/h2-4H2,1H3;3H2,1H3. The zero-order valence-corrected chi connectivity index (χ0v) is 8.46. The summed E-state index contributed by atoms with van der Waals surface area (Å²) in [6.45, 7) is 1.22. The summed E-state index contributed by atoms with van der Waals surface area (Å²) in [4.78, 5) is 1.88. The summed E-state index contributed by atoms with van der Waals surface area (Å²) in [7, 11) is 5.51. The molecule has 1 aliphatic heterocycles. The molecule has 0 aromatic rings. The average molecular weight is 197 g/mol. The number of rotatable bonds is 0. The van der Waals surface area contributed by atoms with Crippen molar-refractivity contribution >= 4 is 9.47 Å². The molecule has 72 valence electrons. The first-order valence-electron chi connectivity index (χ1n) is 3.56. The van der Waals surface area contributed by atoms with Crippen molar-refractivity contribution in [3.05, 3.63) is 11.7 Å². The molecule has 1 aliphatic rings. The Morgan fingerprint density at radius 1 is 1.58 bits per heavy atom. The third-order valence-electron chi connectivity index (χ3n) is 1.52. The van der Waals surface area contributed by atoms with Gasteiger partial charge in [-0.15, -0.1) is 0 Å². The zero-order valence-electron chi connectivity index (χ0n) is 7.31. The fourth-order valence-electron chi connectivity index (χ4n) is 0.964. The van der Waals surface area contributed by atoms with E-state index in [1.165, 1.54) is 0 Å². The van der Waals surface area contributed by atoms with E-state index in [0.29, 0.717) is 18.5 Å². The van der Waals surface area contributed by atoms with Crippen LogP contribution in [0.5, 0.6) is 0 Å². The van der Waals surface area contributed by atoms with Crippen molar-refractivity contribution in [3.8, 4) is 0 Å². The van der Waals surface area contributed by atoms with Gasteiger partial charge in [0.05, 0.1) is 0 Å². The molecule has 0 bridgehead atoms. The van der Waals surface area contributed by atoms with Gasteiger partial charge in [-0.2, -0.15) is 8.78 Å². The molecule has 1 unspecified atom stereocenters. The summed E-state index contributed by atoms with van der Waals surface area (Å²) < 4.78 is 27.7. The molecule has 1 atom stereocenters. The highest BCUT2D eigenvalue weighted by Crippen LogP contribution is 2.18. The maximum absolute atomic E-state index is 11.8. The highest BCUT2D eigenvalue weighted by atomic mass is 31.0. The van der Waals surface area contributed by atoms with Crippen LogP contribution >= 0.6 is 9.47 Å². The van der Waals surface area contributed by atoms with Crippen LogP contribution in [-0.4, -0.2) is 32.1 Å². The Bertz CT molecular complexity index is 159. The molecule has 1 fully saturated rings. The van der Waals surface area contributed by atoms with E-state index in [4.69, 9.17) is 0 Å². The predicted molar refractivity (Wildman–Crippen MR) is 48.1 cm³/mol. The van der Waals surface area contributed by atoms with Crippen molar-refractivity contribution in [1.29, 1.82) is 0 Å². The molecular weight excluding hydrogens is 183 g/mol. The first-order chi connectivity index (χ1) is 5.61. The predicted octanol–water partition coefficient (Wildman–Crippen LogP) is 1.90. The van der Waals surface area contributed by atoms with E-state index in [0.717, 1.165) is 6.54 Å². The Labute approximate surface area is 73.9 Å². The van der Waals surface area contributed by atoms with Crippen molar-refractivity contribution < 1.29 is 13.3 Å². The lowest BCUT2D eigenvalue weighted by Crippen LogP contribution is -2.11. The minimum absolute atomic E-state index is 0.303. The number of likely N-dealkylation sites (N-methyl/N-ethyl adjacent to an activating group) is 1. The maximum Gasteiger partial charge on any atom is 0.270 e. The van der Waals surface area contributed by atoms with Gasteiger partial charge < -0.3 is 9.42 Å². The minimum atomic E-state index is -1.49. The largest absolute Gasteiger partial charge is 0.369 e. The van der Waals surface area contributed by atoms with E-state index in [1.807, 2.05) is 11.9 Å². The summed E-state index contributed by atoms with van der Waals surface area (Å²) in [6, 6.07) is 0. The number of nitrogens with zero attached hydrogens (tertiary/aromatic N) is 1. The first-order valence-corrected chi connectivity index (χ1v) is 4.03. The third kappa shape index (κ3) is 4.75. The van der Waals surface area contributed by atoms with Gasteiger partial charge in [-0.05, 0) is 22.9 Å². The molecule has 12 heavy (non-hydrogen) atoms. The van der Waals surface area contributed by atoms with Gasteiger partial charge in [-0.3, -0.25) is 0 Å². The van der Waals surface area contributed by atoms with E-state index >= 15 is 0 Å². The Hall–Kier alpha value is -0.0500. The van der Waals surface area contributed by atoms with Gasteiger partial charge in [0.2, 0.25) is 0 Å². The number of hydrogen-bond acceptors (Lipinski definition) is 2. The molecule has 0 aliphatic carbocycles. The van der Waals surface area contributed by atoms with Crippen molar-refractivity contribution in [2.24, 2.45) is 0 Å². The summed E-state index contributed by atoms with van der Waals surface area (Å²) >= 11 is 0. The Balaban J connectivity index is 0.000000354. The van der Waals surface area contributed by atoms with Crippen molar-refractivity contribution in [2.75, 3.05) is 27.2 Å². The van der Waals surface area contributed by atoms with Crippen LogP contribution in [-0.2, 0) is 4.52 Å². The smallest absolute Gasteiger partial charge is 0.270 e. The molecule has 2 nitrogen and oxygen atoms in total. The molecule has 0 spiro atoms. The van der Waals surface area contributed by atoms with Crippen LogP contribution < -0.4 is 0 Å². The van der Waals surface area contributed by atoms with Crippen molar-refractivity contribution in [3.63, 3.8) is 0 Å². The molecular formula is C7H14F2NOP. The second-order valence-corrected chi connectivity index (χ2v) is 3.06. The summed E-state index contributed by atoms with van der Waals surface area (Å²) in [6.07, 6.45) is -0.946. The second-order valence-electron chi connectivity index (χ2n) is 2.59. The topological polar surface area (TPSA) is 12.5 Å². The first kappa shape index (κ1) is 11.9. The van der Waals surface area contributed by atoms with Crippen molar-refractivity contribution in [1.82, 2.24) is 4.90 Å². The fourth-order valence-corrected chi connectivity index (χ4v) is 0.964. The lowest BCUT2D eigenvalue weighted by atomic mass is 10.3. The van der Waals surface area contributed by atoms with E-state index in [-0.39, 0.29) is 0 Å². The molecule has 1 heterocycles. The SMILES string of the molecule is CN1CCC(=C(F)F)C1.COP. The molecule has 0 aromatic carbocycles. The van der Waals surface area contributed by atoms with Crippen LogP contribution in [0.25, 0.3) is 0 Å². The highest BCUT2D eigenvalue weighted by Gasteiger charge is 2.16. The number of hydrogen-bond donors (Lipinski definition) is 0. The van der Waals surface area contributed by atoms with E-state index in [2.05, 4.69) is 14.0 Å². The molecule has 0 saturated carbocycles. The quantitative estimate of drug-likeness (QED) is 0.550. The van der Waals surface area contributed by atoms with E-state index in [1.54, 1.807) is 7.11 Å². The minimum Gasteiger partial charge on any atom is -0.369 e. The molecule has 1 saturated heterocycles. The van der Waals surface area contributed by atoms with Crippen LogP contribution in [0.15, 0.2) is 11.7 Å². The Morgan fingerprint density at radius 3 is 2.25 bits per heavy atom. The molecule has 1 rings (SSSR count). The van der Waals surface area contributed by atoms with Crippen LogP contribution in [0.3, 0.4) is 0 Å². The van der Waals surface area contributed by atoms with E-state index in [9.17, 15) is 8.78 Å². The second kappa shape index (κ2) is 6.46. The zero-order chi connectivity index (χ0) is 9.56. The van der Waals surface area contributed by atoms with Gasteiger partial charge >= 0.3 is 0 Å². The third-order valence-corrected chi connectivity index (χ3v) is 1.52. The highest BCUT2D eigenvalue weighted by molar-refractivity contribution is 7.09. The van der Waals surface area contributed by atoms with E-state index < -0.39 is 6.08 Å². The summed E-state index contributed by atoms with van der Waals surface area (Å²) in [5, 5.41) is 0. The van der Waals surface area contributed by atoms with Crippen LogP contribution in [0.4, 0.5) is 8.78 Å². The molecule has 0 N–H and O–H groups in total. The summed E-state index contributed by atoms with van der Waals surface area (Å²) in [5.74, 6) is 0. The van der Waals surface area contributed by atoms with Gasteiger partial charge in [0.1, 0.15) is 0 Å². The van der Waals surface area contributed by atoms with Crippen LogP contribution in [0.1, 0.15) is 6.42 Å². The molecule has 0 aromatic heterocycles. The van der Waals surface area contributed by atoms with Crippen LogP contribution in [0.2, 0.25) is 0 Å². The van der Waals surface area contributed by atoms with Gasteiger partial charge in [-0.1, -0.05) is 0 Å². The van der Waals surface area contributed by atoms with Gasteiger partial charge in [0.25, 0.3) is 6.08 Å². The molecule has 5 heteroatoms. The Kier molecular flexibility index (Phi) is 6.44. The molecule has 0 radical (unpaired) electrons. The lowest BCUT2D eigenvalue weighted by Gasteiger charge is -2.01. The van der Waals surface area contributed by atoms with Gasteiger partial charge in [0.15, 0.2) is 0 Å². The van der Waals surface area contributed by atoms with Crippen LogP contribution in [0, 0.1) is 0 Å². The molecule has 0 amide bonds. The lowest BCUT2D eigenvalue weighted by molar-refractivity contribution is 0.397. The normalized spacial score (nSPS) is 17.2. The van der Waals surface area contributed by atoms with Crippen molar-refractivity contribution in [2.45, 2.75) is 6.42 Å². The average Bonchev–Trinajstić information content (AvgIpc) is 2.37. The number of halogens is 2. The Morgan fingerprint density at radius 2 is 2.08 bits per heavy atom. The summed E-state index contributed by atoms with van der Waals surface area (Å²) in [5.41, 5.74) is 0.303. The fraction of sp³-hybridized carbons (Fsp3) is 0.714. The number of likely N-dealkylation sites (tertiary alicyclic amines) is 1. The van der Waals surface area contributed by atoms with Gasteiger partial charge in [0, 0.05) is 25.8 Å². The van der Waals surface area contributed by atoms with Gasteiger partial charge in [-0.25, -0.2) is 0 Å². The monoisotopic (exact) mass is 197 g/mol. The maximum atomic E-state index is 11.8.